The molecular formula is C50H65ClF2N14O11. The SMILES string of the molecule is CC[C@@H](CC[C@H](N)C(=O)NCCc1ccc(OC(F)F)c(Cl)c1)[C@H]1O[C@@H](n2cnc3c(N)ncnc32)[C@@H](O)C1O.CC[C@@H](CC[C@H](N)C(=O)NCCc1ccc2c(c1)OCO2)[C@H]1O[C@@H](n2cnc3c(N)ncnc32)[C@@H](O)C1O. The summed E-state index contributed by atoms with van der Waals surface area (Å²) in [6, 6.07) is 8.62. The standard InChI is InChI=1S/C25H32ClF2N7O5.C25H33N7O6/c1-2-13(20-18(36)19(37)24(40-20)35-11-34-17-21(30)32-10-33-22(17)35)4-5-15(29)23(38)31-8-7-12-3-6-16(14(26)9-12)39-25(27)28;1-2-14(4-5-15(26)24(35)28-8-7-13-3-6-16-17(9-13)37-12-36-16)21-19(33)20(34)25(38-21)32-11-31-18-22(27)29-10-30-23(18)32/h3,6,9-11,13,15,18-20,24-25,36-37H,2,4-5,7-8,29H2,1H3,(H,31,38)(H2,30,32,33);3,6,9-11,14-15,19-21,25,33-34H,2,4-5,7-8,12,26H2,1H3,(H,28,35)(H2,27,29,30)/t13-,15-,18?,19-,20+,24+;14-,15-,19?,20-,21+,25+/m00/s1. The number of aliphatic hydroxyl groups is 4. The number of anilines is 2. The first-order valence-corrected chi connectivity index (χ1v) is 25.9. The molecule has 0 saturated carbocycles. The lowest BCUT2D eigenvalue weighted by molar-refractivity contribution is -0.123. The minimum atomic E-state index is -2.97. The highest BCUT2D eigenvalue weighted by Crippen LogP contribution is 2.39. The van der Waals surface area contributed by atoms with E-state index in [1.165, 1.54) is 42.0 Å². The molecule has 3 aliphatic rings. The molecule has 25 nitrogen and oxygen atoms in total. The van der Waals surface area contributed by atoms with Crippen LogP contribution in [-0.2, 0) is 31.9 Å². The van der Waals surface area contributed by atoms with Gasteiger partial charge in [0.15, 0.2) is 46.9 Å². The second-order valence-corrected chi connectivity index (χ2v) is 19.6. The Balaban J connectivity index is 0.000000206. The smallest absolute Gasteiger partial charge is 0.387 e. The van der Waals surface area contributed by atoms with Crippen LogP contribution in [0, 0.1) is 11.8 Å². The van der Waals surface area contributed by atoms with Crippen LogP contribution in [0.15, 0.2) is 61.7 Å². The Morgan fingerprint density at radius 1 is 0.692 bits per heavy atom. The average Bonchev–Trinajstić information content (AvgIpc) is 4.31. The van der Waals surface area contributed by atoms with Crippen molar-refractivity contribution in [1.29, 1.82) is 0 Å². The quantitative estimate of drug-likeness (QED) is 0.0465. The third-order valence-electron chi connectivity index (χ3n) is 14.3. The van der Waals surface area contributed by atoms with Crippen LogP contribution in [0.1, 0.15) is 76.0 Å². The number of carbonyl (C=O) groups excluding carboxylic acids is 2. The molecule has 78 heavy (non-hydrogen) atoms. The molecule has 3 aliphatic heterocycles. The van der Waals surface area contributed by atoms with Gasteiger partial charge in [-0.3, -0.25) is 18.7 Å². The predicted octanol–water partition coefficient (Wildman–Crippen LogP) is 2.02. The lowest BCUT2D eigenvalue weighted by Gasteiger charge is -2.25. The van der Waals surface area contributed by atoms with Crippen LogP contribution < -0.4 is 47.8 Å². The van der Waals surface area contributed by atoms with E-state index in [1.54, 1.807) is 10.6 Å². The number of nitrogens with two attached hydrogens (primary N) is 4. The summed E-state index contributed by atoms with van der Waals surface area (Å²) in [5.74, 6) is 0.784. The molecule has 7 heterocycles. The van der Waals surface area contributed by atoms with E-state index in [1.807, 2.05) is 32.0 Å². The number of hydrogen-bond acceptors (Lipinski definition) is 21. The van der Waals surface area contributed by atoms with Crippen molar-refractivity contribution in [2.75, 3.05) is 31.3 Å². The summed E-state index contributed by atoms with van der Waals surface area (Å²) in [7, 11) is 0. The van der Waals surface area contributed by atoms with Crippen molar-refractivity contribution in [2.45, 2.75) is 133 Å². The van der Waals surface area contributed by atoms with Crippen molar-refractivity contribution in [3.63, 3.8) is 0 Å². The van der Waals surface area contributed by atoms with Gasteiger partial charge >= 0.3 is 6.61 Å². The highest BCUT2D eigenvalue weighted by Gasteiger charge is 2.48. The highest BCUT2D eigenvalue weighted by molar-refractivity contribution is 6.32. The molecule has 2 amide bonds. The number of benzene rings is 2. The highest BCUT2D eigenvalue weighted by atomic mass is 35.5. The third-order valence-corrected chi connectivity index (χ3v) is 14.6. The molecule has 0 bridgehead atoms. The Hall–Kier alpha value is -6.69. The van der Waals surface area contributed by atoms with Crippen LogP contribution in [0.25, 0.3) is 22.3 Å². The van der Waals surface area contributed by atoms with Gasteiger partial charge in [-0.1, -0.05) is 50.4 Å². The van der Waals surface area contributed by atoms with Gasteiger partial charge in [-0.25, -0.2) is 29.9 Å². The van der Waals surface area contributed by atoms with E-state index in [9.17, 15) is 38.8 Å². The van der Waals surface area contributed by atoms with Gasteiger partial charge < -0.3 is 77.7 Å². The minimum absolute atomic E-state index is 0.0498. The number of halogens is 3. The van der Waals surface area contributed by atoms with Crippen LogP contribution in [0.5, 0.6) is 17.2 Å². The maximum absolute atomic E-state index is 12.6. The van der Waals surface area contributed by atoms with E-state index in [2.05, 4.69) is 45.3 Å². The van der Waals surface area contributed by atoms with Gasteiger partial charge in [0.2, 0.25) is 18.6 Å². The second-order valence-electron chi connectivity index (χ2n) is 19.2. The molecule has 2 aromatic carbocycles. The number of carbonyl (C=O) groups is 2. The summed E-state index contributed by atoms with van der Waals surface area (Å²) in [5.41, 5.74) is 27.3. The lowest BCUT2D eigenvalue weighted by Crippen LogP contribution is -2.42. The summed E-state index contributed by atoms with van der Waals surface area (Å²) in [6.07, 6.45) is 1.58. The van der Waals surface area contributed by atoms with Gasteiger partial charge in [0.1, 0.15) is 53.9 Å². The largest absolute Gasteiger partial charge is 0.454 e. The number of nitrogens with one attached hydrogen (secondary N) is 2. The zero-order valence-electron chi connectivity index (χ0n) is 42.7. The summed E-state index contributed by atoms with van der Waals surface area (Å²) in [4.78, 5) is 49.7. The number of amides is 2. The Bertz CT molecular complexity index is 3000. The van der Waals surface area contributed by atoms with Crippen molar-refractivity contribution in [1.82, 2.24) is 49.7 Å². The number of nitrogens with zero attached hydrogens (tertiary/aromatic N) is 8. The number of aromatic nitrogens is 8. The summed E-state index contributed by atoms with van der Waals surface area (Å²) in [5, 5.41) is 48.9. The number of rotatable bonds is 22. The second kappa shape index (κ2) is 25.8. The molecule has 0 spiro atoms. The number of ether oxygens (including phenoxy) is 5. The van der Waals surface area contributed by atoms with Gasteiger partial charge in [-0.05, 0) is 85.8 Å². The average molecular weight is 1110 g/mol. The Kier molecular flexibility index (Phi) is 19.1. The number of aliphatic hydroxyl groups excluding tert-OH is 4. The molecule has 14 N–H and O–H groups in total. The van der Waals surface area contributed by atoms with Crippen molar-refractivity contribution in [3.05, 3.63) is 77.9 Å². The molecule has 422 valence electrons. The summed E-state index contributed by atoms with van der Waals surface area (Å²) >= 11 is 5.97. The third kappa shape index (κ3) is 13.1. The van der Waals surface area contributed by atoms with E-state index >= 15 is 0 Å². The topological polar surface area (TPSA) is 377 Å². The van der Waals surface area contributed by atoms with Crippen LogP contribution in [-0.4, -0.2) is 146 Å². The van der Waals surface area contributed by atoms with Gasteiger partial charge in [0, 0.05) is 13.1 Å². The number of alkyl halides is 2. The fraction of sp³-hybridized carbons (Fsp3) is 0.520. The molecule has 0 aliphatic carbocycles. The van der Waals surface area contributed by atoms with Crippen LogP contribution in [0.2, 0.25) is 5.02 Å². The molecule has 2 unspecified atom stereocenters. The predicted molar refractivity (Wildman–Crippen MR) is 277 cm³/mol. The molecule has 4 aromatic heterocycles. The first kappa shape index (κ1) is 57.5. The first-order valence-electron chi connectivity index (χ1n) is 25.5. The lowest BCUT2D eigenvalue weighted by atomic mass is 9.89. The van der Waals surface area contributed by atoms with E-state index in [-0.39, 0.29) is 59.4 Å². The summed E-state index contributed by atoms with van der Waals surface area (Å²) in [6.45, 7) is 1.84. The molecule has 2 fully saturated rings. The fourth-order valence-electron chi connectivity index (χ4n) is 9.88. The van der Waals surface area contributed by atoms with Crippen molar-refractivity contribution in [2.24, 2.45) is 23.3 Å². The first-order chi connectivity index (χ1) is 37.5. The normalized spacial score (nSPS) is 23.2. The molecule has 6 aromatic rings. The van der Waals surface area contributed by atoms with Gasteiger partial charge in [0.05, 0.1) is 42.0 Å². The Morgan fingerprint density at radius 2 is 1.17 bits per heavy atom. The van der Waals surface area contributed by atoms with Crippen molar-refractivity contribution in [3.8, 4) is 17.2 Å². The number of imidazole rings is 2. The molecule has 9 rings (SSSR count). The zero-order valence-corrected chi connectivity index (χ0v) is 43.5. The Morgan fingerprint density at radius 3 is 1.64 bits per heavy atom. The van der Waals surface area contributed by atoms with Crippen LogP contribution >= 0.6 is 11.6 Å². The monoisotopic (exact) mass is 1110 g/mol. The van der Waals surface area contributed by atoms with Gasteiger partial charge in [0.25, 0.3) is 0 Å². The van der Waals surface area contributed by atoms with Gasteiger partial charge in [-0.15, -0.1) is 0 Å². The fourth-order valence-corrected chi connectivity index (χ4v) is 10.1. The summed E-state index contributed by atoms with van der Waals surface area (Å²) < 4.78 is 55.1. The molecule has 28 heteroatoms. The minimum Gasteiger partial charge on any atom is -0.454 e. The molecule has 2 saturated heterocycles. The maximum atomic E-state index is 12.6. The van der Waals surface area contributed by atoms with E-state index in [0.29, 0.717) is 86.0 Å². The molecule has 0 radical (unpaired) electrons. The number of nitrogen functional groups attached to an aromatic ring is 2. The van der Waals surface area contributed by atoms with Crippen molar-refractivity contribution >= 4 is 57.4 Å². The van der Waals surface area contributed by atoms with Crippen LogP contribution in [0.4, 0.5) is 20.4 Å². The zero-order chi connectivity index (χ0) is 55.8. The number of fused-ring (bicyclic) bond motifs is 3. The van der Waals surface area contributed by atoms with E-state index in [0.717, 1.165) is 16.9 Å². The van der Waals surface area contributed by atoms with E-state index in [4.69, 9.17) is 53.5 Å². The Labute approximate surface area is 450 Å². The molecule has 12 atom stereocenters. The van der Waals surface area contributed by atoms with E-state index < -0.39 is 67.8 Å². The maximum Gasteiger partial charge on any atom is 0.387 e. The number of hydrogen-bond donors (Lipinski definition) is 10. The van der Waals surface area contributed by atoms with Crippen molar-refractivity contribution < 1.29 is 62.5 Å². The van der Waals surface area contributed by atoms with Gasteiger partial charge in [-0.2, -0.15) is 8.78 Å². The van der Waals surface area contributed by atoms with Crippen LogP contribution in [0.3, 0.4) is 0 Å². The molecular weight excluding hydrogens is 1050 g/mol.